The van der Waals surface area contributed by atoms with E-state index in [1.54, 1.807) is 0 Å². The summed E-state index contributed by atoms with van der Waals surface area (Å²) in [5, 5.41) is 4.06. The van der Waals surface area contributed by atoms with E-state index < -0.39 is 0 Å². The fourth-order valence-corrected chi connectivity index (χ4v) is 3.56. The van der Waals surface area contributed by atoms with Crippen LogP contribution in [0.2, 0.25) is 0 Å². The van der Waals surface area contributed by atoms with Crippen molar-refractivity contribution in [1.82, 2.24) is 15.0 Å². The maximum Gasteiger partial charge on any atom is 0.223 e. The standard InChI is InChI=1S/C22H25N3O2/c1-17-23-22(24-27-17)16-25(15-21-8-5-13-26-21)14-18-9-11-20(12-10-18)19-6-3-2-4-7-19/h2-4,6-7,9-12,21H,5,8,13-16H2,1H3. The van der Waals surface area contributed by atoms with Gasteiger partial charge in [0, 0.05) is 26.6 Å². The zero-order valence-electron chi connectivity index (χ0n) is 15.7. The minimum absolute atomic E-state index is 0.293. The van der Waals surface area contributed by atoms with Gasteiger partial charge in [-0.15, -0.1) is 0 Å². The van der Waals surface area contributed by atoms with E-state index in [-0.39, 0.29) is 0 Å². The number of aromatic nitrogens is 2. The first kappa shape index (κ1) is 17.9. The Morgan fingerprint density at radius 1 is 1.00 bits per heavy atom. The number of benzene rings is 2. The molecular formula is C22H25N3O2. The highest BCUT2D eigenvalue weighted by Gasteiger charge is 2.21. The molecular weight excluding hydrogens is 338 g/mol. The van der Waals surface area contributed by atoms with Gasteiger partial charge >= 0.3 is 0 Å². The molecule has 4 rings (SSSR count). The zero-order valence-corrected chi connectivity index (χ0v) is 15.7. The molecule has 0 N–H and O–H groups in total. The van der Waals surface area contributed by atoms with E-state index in [0.29, 0.717) is 18.5 Å². The van der Waals surface area contributed by atoms with Gasteiger partial charge in [-0.1, -0.05) is 59.8 Å². The molecule has 1 unspecified atom stereocenters. The van der Waals surface area contributed by atoms with Crippen LogP contribution in [0.25, 0.3) is 11.1 Å². The van der Waals surface area contributed by atoms with Gasteiger partial charge in [0.2, 0.25) is 5.89 Å². The van der Waals surface area contributed by atoms with Crippen LogP contribution in [0.5, 0.6) is 0 Å². The van der Waals surface area contributed by atoms with Crippen LogP contribution < -0.4 is 0 Å². The van der Waals surface area contributed by atoms with Crippen molar-refractivity contribution in [3.8, 4) is 11.1 Å². The minimum atomic E-state index is 0.293. The van der Waals surface area contributed by atoms with E-state index >= 15 is 0 Å². The highest BCUT2D eigenvalue weighted by atomic mass is 16.5. The van der Waals surface area contributed by atoms with Crippen molar-refractivity contribution in [2.24, 2.45) is 0 Å². The summed E-state index contributed by atoms with van der Waals surface area (Å²) in [6, 6.07) is 19.2. The van der Waals surface area contributed by atoms with Crippen molar-refractivity contribution in [1.29, 1.82) is 0 Å². The van der Waals surface area contributed by atoms with Gasteiger partial charge in [-0.3, -0.25) is 4.90 Å². The predicted molar refractivity (Wildman–Crippen MR) is 104 cm³/mol. The topological polar surface area (TPSA) is 51.4 Å². The molecule has 1 aliphatic rings. The van der Waals surface area contributed by atoms with Crippen molar-refractivity contribution in [2.45, 2.75) is 39.0 Å². The molecule has 27 heavy (non-hydrogen) atoms. The molecule has 5 nitrogen and oxygen atoms in total. The summed E-state index contributed by atoms with van der Waals surface area (Å²) < 4.78 is 11.0. The van der Waals surface area contributed by atoms with E-state index in [4.69, 9.17) is 9.26 Å². The fraction of sp³-hybridized carbons (Fsp3) is 0.364. The smallest absolute Gasteiger partial charge is 0.223 e. The molecule has 0 saturated carbocycles. The third-order valence-corrected chi connectivity index (χ3v) is 4.89. The molecule has 0 aliphatic carbocycles. The van der Waals surface area contributed by atoms with Gasteiger partial charge in [0.15, 0.2) is 5.82 Å². The van der Waals surface area contributed by atoms with Gasteiger partial charge in [-0.05, 0) is 29.5 Å². The maximum absolute atomic E-state index is 5.84. The quantitative estimate of drug-likeness (QED) is 0.629. The first-order chi connectivity index (χ1) is 13.3. The van der Waals surface area contributed by atoms with Crippen LogP contribution >= 0.6 is 0 Å². The van der Waals surface area contributed by atoms with Crippen molar-refractivity contribution < 1.29 is 9.26 Å². The van der Waals surface area contributed by atoms with E-state index in [1.165, 1.54) is 16.7 Å². The Morgan fingerprint density at radius 3 is 2.44 bits per heavy atom. The average molecular weight is 363 g/mol. The molecule has 140 valence electrons. The zero-order chi connectivity index (χ0) is 18.5. The first-order valence-electron chi connectivity index (χ1n) is 9.54. The number of rotatable bonds is 7. The lowest BCUT2D eigenvalue weighted by Crippen LogP contribution is -2.31. The Labute approximate surface area is 160 Å². The second-order valence-electron chi connectivity index (χ2n) is 7.10. The van der Waals surface area contributed by atoms with E-state index in [9.17, 15) is 0 Å². The van der Waals surface area contributed by atoms with Crippen LogP contribution in [0, 0.1) is 6.92 Å². The van der Waals surface area contributed by atoms with Gasteiger partial charge < -0.3 is 9.26 Å². The Hall–Kier alpha value is -2.50. The monoisotopic (exact) mass is 363 g/mol. The second kappa shape index (κ2) is 8.46. The second-order valence-corrected chi connectivity index (χ2v) is 7.10. The molecule has 1 aliphatic heterocycles. The summed E-state index contributed by atoms with van der Waals surface area (Å²) in [5.41, 5.74) is 3.74. The van der Waals surface area contributed by atoms with Gasteiger partial charge in [-0.25, -0.2) is 0 Å². The minimum Gasteiger partial charge on any atom is -0.377 e. The van der Waals surface area contributed by atoms with E-state index in [0.717, 1.165) is 38.4 Å². The lowest BCUT2D eigenvalue weighted by Gasteiger charge is -2.24. The summed E-state index contributed by atoms with van der Waals surface area (Å²) in [5.74, 6) is 1.33. The Bertz CT molecular complexity index is 840. The lowest BCUT2D eigenvalue weighted by atomic mass is 10.0. The molecule has 0 spiro atoms. The molecule has 2 heterocycles. The molecule has 3 aromatic rings. The summed E-state index contributed by atoms with van der Waals surface area (Å²) in [4.78, 5) is 6.71. The summed E-state index contributed by atoms with van der Waals surface area (Å²) in [6.45, 7) is 5.07. The van der Waals surface area contributed by atoms with Crippen LogP contribution in [0.3, 0.4) is 0 Å². The van der Waals surface area contributed by atoms with Crippen LogP contribution in [0.1, 0.15) is 30.1 Å². The summed E-state index contributed by atoms with van der Waals surface area (Å²) in [6.07, 6.45) is 2.56. The van der Waals surface area contributed by atoms with Gasteiger partial charge in [0.1, 0.15) is 0 Å². The molecule has 1 fully saturated rings. The Balaban J connectivity index is 1.46. The maximum atomic E-state index is 5.84. The number of aryl methyl sites for hydroxylation is 1. The number of ether oxygens (including phenoxy) is 1. The van der Waals surface area contributed by atoms with Crippen LogP contribution in [-0.2, 0) is 17.8 Å². The summed E-state index contributed by atoms with van der Waals surface area (Å²) >= 11 is 0. The molecule has 1 atom stereocenters. The number of hydrogen-bond acceptors (Lipinski definition) is 5. The SMILES string of the molecule is Cc1nc(CN(Cc2ccc(-c3ccccc3)cc2)CC2CCCO2)no1. The van der Waals surface area contributed by atoms with Gasteiger partial charge in [0.05, 0.1) is 12.6 Å². The van der Waals surface area contributed by atoms with Crippen molar-refractivity contribution in [2.75, 3.05) is 13.2 Å². The van der Waals surface area contributed by atoms with Crippen molar-refractivity contribution in [3.63, 3.8) is 0 Å². The van der Waals surface area contributed by atoms with Crippen molar-refractivity contribution in [3.05, 3.63) is 71.9 Å². The third-order valence-electron chi connectivity index (χ3n) is 4.89. The van der Waals surface area contributed by atoms with Gasteiger partial charge in [-0.2, -0.15) is 4.98 Å². The first-order valence-corrected chi connectivity index (χ1v) is 9.54. The summed E-state index contributed by atoms with van der Waals surface area (Å²) in [7, 11) is 0. The molecule has 1 aromatic heterocycles. The molecule has 1 saturated heterocycles. The molecule has 0 bridgehead atoms. The highest BCUT2D eigenvalue weighted by molar-refractivity contribution is 5.63. The Morgan fingerprint density at radius 2 is 1.78 bits per heavy atom. The lowest BCUT2D eigenvalue weighted by molar-refractivity contribution is 0.0667. The number of nitrogens with zero attached hydrogens (tertiary/aromatic N) is 3. The molecule has 2 aromatic carbocycles. The van der Waals surface area contributed by atoms with Crippen molar-refractivity contribution >= 4 is 0 Å². The highest BCUT2D eigenvalue weighted by Crippen LogP contribution is 2.21. The van der Waals surface area contributed by atoms with Crippen LogP contribution in [0.15, 0.2) is 59.1 Å². The fourth-order valence-electron chi connectivity index (χ4n) is 3.56. The molecule has 0 radical (unpaired) electrons. The third kappa shape index (κ3) is 4.81. The molecule has 5 heteroatoms. The number of hydrogen-bond donors (Lipinski definition) is 0. The largest absolute Gasteiger partial charge is 0.377 e. The Kier molecular flexibility index (Phi) is 5.61. The van der Waals surface area contributed by atoms with Crippen LogP contribution in [0.4, 0.5) is 0 Å². The van der Waals surface area contributed by atoms with Crippen LogP contribution in [-0.4, -0.2) is 34.3 Å². The molecule has 0 amide bonds. The van der Waals surface area contributed by atoms with E-state index in [1.807, 2.05) is 13.0 Å². The van der Waals surface area contributed by atoms with Gasteiger partial charge in [0.25, 0.3) is 0 Å². The average Bonchev–Trinajstić information content (AvgIpc) is 3.35. The normalized spacial score (nSPS) is 16.9. The van der Waals surface area contributed by atoms with E-state index in [2.05, 4.69) is 63.6 Å². The predicted octanol–water partition coefficient (Wildman–Crippen LogP) is 4.23.